The molecular weight excluding hydrogens is 296 g/mol. The van der Waals surface area contributed by atoms with Crippen LogP contribution in [0.4, 0.5) is 8.78 Å². The maximum atomic E-state index is 13.8. The Morgan fingerprint density at radius 3 is 2.67 bits per heavy atom. The summed E-state index contributed by atoms with van der Waals surface area (Å²) in [5.41, 5.74) is 0.710. The average Bonchev–Trinajstić information content (AvgIpc) is 2.80. The number of alkyl halides is 1. The number of benzene rings is 1. The zero-order chi connectivity index (χ0) is 15.0. The lowest BCUT2D eigenvalue weighted by molar-refractivity contribution is 0.205. The molecule has 0 atom stereocenters. The molecule has 2 heterocycles. The molecule has 0 aliphatic carbocycles. The molecule has 1 aromatic carbocycles. The molecule has 1 aliphatic rings. The molecule has 0 spiro atoms. The summed E-state index contributed by atoms with van der Waals surface area (Å²) in [4.78, 5) is 6.53. The summed E-state index contributed by atoms with van der Waals surface area (Å²) >= 11 is 5.93. The van der Waals surface area contributed by atoms with Gasteiger partial charge in [-0.15, -0.1) is 11.6 Å². The Labute approximate surface area is 127 Å². The van der Waals surface area contributed by atoms with Crippen molar-refractivity contribution >= 4 is 22.6 Å². The minimum atomic E-state index is -0.626. The Kier molecular flexibility index (Phi) is 4.13. The lowest BCUT2D eigenvalue weighted by Gasteiger charge is -2.29. The molecule has 3 rings (SSSR count). The first-order valence-corrected chi connectivity index (χ1v) is 7.70. The second-order valence-electron chi connectivity index (χ2n) is 5.77. The molecule has 2 aromatic rings. The number of imidazole rings is 1. The van der Waals surface area contributed by atoms with Crippen LogP contribution in [0, 0.1) is 17.6 Å². The Morgan fingerprint density at radius 2 is 2.00 bits per heavy atom. The summed E-state index contributed by atoms with van der Waals surface area (Å²) in [6.45, 7) is 2.82. The number of hydrogen-bond acceptors (Lipinski definition) is 2. The van der Waals surface area contributed by atoms with Crippen molar-refractivity contribution in [3.63, 3.8) is 0 Å². The molecule has 0 saturated carbocycles. The van der Waals surface area contributed by atoms with Crippen molar-refractivity contribution in [2.24, 2.45) is 5.92 Å². The van der Waals surface area contributed by atoms with Crippen LogP contribution in [0.1, 0.15) is 18.7 Å². The lowest BCUT2D eigenvalue weighted by atomic mass is 9.97. The van der Waals surface area contributed by atoms with Crippen molar-refractivity contribution in [2.75, 3.05) is 20.1 Å². The van der Waals surface area contributed by atoms with E-state index in [4.69, 9.17) is 11.6 Å². The molecular formula is C15H18ClF2N3. The number of likely N-dealkylation sites (tertiary alicyclic amines) is 1. The highest BCUT2D eigenvalue weighted by Gasteiger charge is 2.21. The first kappa shape index (κ1) is 14.7. The summed E-state index contributed by atoms with van der Waals surface area (Å²) in [5.74, 6) is 0.0914. The van der Waals surface area contributed by atoms with Crippen molar-refractivity contribution in [2.45, 2.75) is 25.3 Å². The van der Waals surface area contributed by atoms with Gasteiger partial charge in [-0.3, -0.25) is 0 Å². The Balaban J connectivity index is 1.96. The van der Waals surface area contributed by atoms with Crippen molar-refractivity contribution in [3.05, 3.63) is 29.6 Å². The summed E-state index contributed by atoms with van der Waals surface area (Å²) in [6, 6.07) is 2.21. The Morgan fingerprint density at radius 1 is 1.29 bits per heavy atom. The van der Waals surface area contributed by atoms with E-state index >= 15 is 0 Å². The van der Waals surface area contributed by atoms with Gasteiger partial charge in [0.05, 0.1) is 11.4 Å². The average molecular weight is 314 g/mol. The van der Waals surface area contributed by atoms with Crippen LogP contribution in [-0.2, 0) is 12.4 Å². The molecule has 0 amide bonds. The normalized spacial score (nSPS) is 17.7. The predicted molar refractivity (Wildman–Crippen MR) is 79.4 cm³/mol. The number of hydrogen-bond donors (Lipinski definition) is 0. The number of fused-ring (bicyclic) bond motifs is 1. The minimum Gasteiger partial charge on any atom is -0.327 e. The number of rotatable bonds is 3. The van der Waals surface area contributed by atoms with Crippen LogP contribution < -0.4 is 0 Å². The van der Waals surface area contributed by atoms with E-state index in [-0.39, 0.29) is 11.4 Å². The van der Waals surface area contributed by atoms with E-state index in [0.29, 0.717) is 17.3 Å². The second-order valence-corrected chi connectivity index (χ2v) is 6.04. The van der Waals surface area contributed by atoms with E-state index in [1.807, 2.05) is 4.57 Å². The molecule has 1 aliphatic heterocycles. The van der Waals surface area contributed by atoms with Crippen LogP contribution in [0.15, 0.2) is 12.1 Å². The van der Waals surface area contributed by atoms with Gasteiger partial charge in [0, 0.05) is 12.6 Å². The molecule has 0 unspecified atom stereocenters. The number of piperidine rings is 1. The van der Waals surface area contributed by atoms with Gasteiger partial charge in [-0.1, -0.05) is 0 Å². The van der Waals surface area contributed by atoms with Crippen LogP contribution in [0.2, 0.25) is 0 Å². The minimum absolute atomic E-state index is 0.197. The molecule has 1 fully saturated rings. The standard InChI is InChI=1S/C15H18ClF2N3/c1-20-4-2-10(3-5-20)9-21-13-7-11(17)6-12(18)15(13)19-14(21)8-16/h6-7,10H,2-5,8-9H2,1H3. The van der Waals surface area contributed by atoms with Gasteiger partial charge in [0.25, 0.3) is 0 Å². The van der Waals surface area contributed by atoms with E-state index in [9.17, 15) is 8.78 Å². The van der Waals surface area contributed by atoms with Crippen LogP contribution in [0.5, 0.6) is 0 Å². The lowest BCUT2D eigenvalue weighted by Crippen LogP contribution is -2.32. The fourth-order valence-corrected chi connectivity index (χ4v) is 3.21. The molecule has 0 bridgehead atoms. The first-order valence-electron chi connectivity index (χ1n) is 7.17. The number of aromatic nitrogens is 2. The fourth-order valence-electron chi connectivity index (χ4n) is 3.01. The maximum Gasteiger partial charge on any atom is 0.153 e. The summed E-state index contributed by atoms with van der Waals surface area (Å²) in [6.07, 6.45) is 2.16. The summed E-state index contributed by atoms with van der Waals surface area (Å²) < 4.78 is 29.2. The predicted octanol–water partition coefficient (Wildman–Crippen LogP) is 3.40. The highest BCUT2D eigenvalue weighted by molar-refractivity contribution is 6.16. The molecule has 6 heteroatoms. The Hall–Kier alpha value is -1.20. The summed E-state index contributed by atoms with van der Waals surface area (Å²) in [7, 11) is 2.11. The molecule has 1 aromatic heterocycles. The van der Waals surface area contributed by atoms with Gasteiger partial charge in [0.15, 0.2) is 5.82 Å². The van der Waals surface area contributed by atoms with E-state index in [1.54, 1.807) is 0 Å². The highest BCUT2D eigenvalue weighted by Crippen LogP contribution is 2.26. The van der Waals surface area contributed by atoms with E-state index in [0.717, 1.165) is 38.5 Å². The van der Waals surface area contributed by atoms with Crippen molar-refractivity contribution in [1.82, 2.24) is 14.5 Å². The zero-order valence-electron chi connectivity index (χ0n) is 12.0. The zero-order valence-corrected chi connectivity index (χ0v) is 12.7. The van der Waals surface area contributed by atoms with Gasteiger partial charge in [-0.2, -0.15) is 0 Å². The van der Waals surface area contributed by atoms with Gasteiger partial charge in [-0.05, 0) is 45.0 Å². The second kappa shape index (κ2) is 5.89. The van der Waals surface area contributed by atoms with Crippen molar-refractivity contribution < 1.29 is 8.78 Å². The molecule has 3 nitrogen and oxygen atoms in total. The van der Waals surface area contributed by atoms with Crippen LogP contribution in [-0.4, -0.2) is 34.6 Å². The van der Waals surface area contributed by atoms with Gasteiger partial charge in [-0.25, -0.2) is 13.8 Å². The van der Waals surface area contributed by atoms with E-state index < -0.39 is 11.6 Å². The molecule has 114 valence electrons. The quantitative estimate of drug-likeness (QED) is 0.810. The first-order chi connectivity index (χ1) is 10.1. The smallest absolute Gasteiger partial charge is 0.153 e. The third-order valence-electron chi connectivity index (χ3n) is 4.25. The van der Waals surface area contributed by atoms with E-state index in [1.165, 1.54) is 6.07 Å². The van der Waals surface area contributed by atoms with Gasteiger partial charge in [0.2, 0.25) is 0 Å². The van der Waals surface area contributed by atoms with Gasteiger partial charge >= 0.3 is 0 Å². The number of nitrogens with zero attached hydrogens (tertiary/aromatic N) is 3. The third kappa shape index (κ3) is 2.90. The van der Waals surface area contributed by atoms with Crippen molar-refractivity contribution in [3.8, 4) is 0 Å². The molecule has 0 N–H and O–H groups in total. The fraction of sp³-hybridized carbons (Fsp3) is 0.533. The number of halogens is 3. The van der Waals surface area contributed by atoms with Crippen molar-refractivity contribution in [1.29, 1.82) is 0 Å². The van der Waals surface area contributed by atoms with Crippen LogP contribution in [0.3, 0.4) is 0 Å². The molecule has 1 saturated heterocycles. The molecule has 0 radical (unpaired) electrons. The molecule has 21 heavy (non-hydrogen) atoms. The van der Waals surface area contributed by atoms with Gasteiger partial charge < -0.3 is 9.47 Å². The third-order valence-corrected chi connectivity index (χ3v) is 4.49. The largest absolute Gasteiger partial charge is 0.327 e. The summed E-state index contributed by atoms with van der Waals surface area (Å²) in [5, 5.41) is 0. The maximum absolute atomic E-state index is 13.8. The SMILES string of the molecule is CN1CCC(Cn2c(CCl)nc3c(F)cc(F)cc32)CC1. The Bertz CT molecular complexity index is 648. The topological polar surface area (TPSA) is 21.1 Å². The van der Waals surface area contributed by atoms with E-state index in [2.05, 4.69) is 16.9 Å². The monoisotopic (exact) mass is 313 g/mol. The van der Waals surface area contributed by atoms with Crippen LogP contribution >= 0.6 is 11.6 Å². The van der Waals surface area contributed by atoms with Crippen LogP contribution in [0.25, 0.3) is 11.0 Å². The van der Waals surface area contributed by atoms with Gasteiger partial charge in [0.1, 0.15) is 17.2 Å². The highest BCUT2D eigenvalue weighted by atomic mass is 35.5.